The van der Waals surface area contributed by atoms with Gasteiger partial charge < -0.3 is 9.64 Å². The van der Waals surface area contributed by atoms with Crippen molar-refractivity contribution >= 4 is 5.91 Å². The van der Waals surface area contributed by atoms with E-state index in [4.69, 9.17) is 10.00 Å². The van der Waals surface area contributed by atoms with Crippen molar-refractivity contribution in [3.8, 4) is 6.07 Å². The second-order valence-corrected chi connectivity index (χ2v) is 6.62. The molecule has 2 aliphatic heterocycles. The number of rotatable bonds is 4. The number of ether oxygens (including phenoxy) is 1. The Labute approximate surface area is 143 Å². The van der Waals surface area contributed by atoms with Crippen LogP contribution < -0.4 is 0 Å². The molecule has 1 aromatic heterocycles. The number of nitriles is 1. The summed E-state index contributed by atoms with van der Waals surface area (Å²) < 4.78 is 6.17. The average Bonchev–Trinajstić information content (AvgIpc) is 3.03. The highest BCUT2D eigenvalue weighted by atomic mass is 16.5. The van der Waals surface area contributed by atoms with Crippen molar-refractivity contribution in [2.75, 3.05) is 32.7 Å². The molecule has 2 saturated heterocycles. The van der Waals surface area contributed by atoms with E-state index in [9.17, 15) is 4.79 Å². The molecule has 0 saturated carbocycles. The Morgan fingerprint density at radius 1 is 1.29 bits per heavy atom. The van der Waals surface area contributed by atoms with E-state index in [0.717, 1.165) is 57.7 Å². The number of amides is 1. The largest absolute Gasteiger partial charge is 0.373 e. The van der Waals surface area contributed by atoms with Crippen LogP contribution in [0, 0.1) is 11.3 Å². The first kappa shape index (κ1) is 16.9. The quantitative estimate of drug-likeness (QED) is 0.831. The zero-order valence-corrected chi connectivity index (χ0v) is 14.1. The van der Waals surface area contributed by atoms with Crippen LogP contribution in [0.2, 0.25) is 0 Å². The van der Waals surface area contributed by atoms with E-state index in [1.54, 1.807) is 13.1 Å². The predicted molar refractivity (Wildman–Crippen MR) is 89.2 cm³/mol. The van der Waals surface area contributed by atoms with Gasteiger partial charge >= 0.3 is 0 Å². The van der Waals surface area contributed by atoms with Crippen molar-refractivity contribution in [3.05, 3.63) is 29.6 Å². The summed E-state index contributed by atoms with van der Waals surface area (Å²) >= 11 is 0. The molecule has 3 rings (SSSR count). The molecular weight excluding hydrogens is 304 g/mol. The lowest BCUT2D eigenvalue weighted by atomic mass is 10.1. The second-order valence-electron chi connectivity index (χ2n) is 6.62. The lowest BCUT2D eigenvalue weighted by Crippen LogP contribution is -2.49. The highest BCUT2D eigenvalue weighted by molar-refractivity contribution is 5.73. The molecule has 0 spiro atoms. The predicted octanol–water partition coefficient (Wildman–Crippen LogP) is 1.21. The molecule has 3 heterocycles. The highest BCUT2D eigenvalue weighted by Gasteiger charge is 2.28. The van der Waals surface area contributed by atoms with Crippen LogP contribution >= 0.6 is 0 Å². The Bertz CT molecular complexity index is 602. The Balaban J connectivity index is 1.42. The van der Waals surface area contributed by atoms with Crippen LogP contribution in [0.25, 0.3) is 0 Å². The number of hydrogen-bond acceptors (Lipinski definition) is 5. The molecule has 0 radical (unpaired) electrons. The number of hydrogen-bond donors (Lipinski definition) is 0. The smallest absolute Gasteiger partial charge is 0.219 e. The van der Waals surface area contributed by atoms with Gasteiger partial charge in [-0.05, 0) is 25.0 Å². The lowest BCUT2D eigenvalue weighted by molar-refractivity contribution is -0.130. The van der Waals surface area contributed by atoms with Crippen molar-refractivity contribution in [3.63, 3.8) is 0 Å². The van der Waals surface area contributed by atoms with Gasteiger partial charge in [-0.25, -0.2) is 0 Å². The Morgan fingerprint density at radius 2 is 2.04 bits per heavy atom. The van der Waals surface area contributed by atoms with E-state index >= 15 is 0 Å². The minimum atomic E-state index is 0.168. The van der Waals surface area contributed by atoms with E-state index in [1.807, 2.05) is 17.0 Å². The molecule has 24 heavy (non-hydrogen) atoms. The van der Waals surface area contributed by atoms with E-state index in [1.165, 1.54) is 0 Å². The lowest BCUT2D eigenvalue weighted by Gasteiger charge is -2.35. The fourth-order valence-corrected chi connectivity index (χ4v) is 3.44. The zero-order chi connectivity index (χ0) is 16.9. The first-order valence-corrected chi connectivity index (χ1v) is 8.62. The van der Waals surface area contributed by atoms with Gasteiger partial charge in [-0.2, -0.15) is 5.26 Å². The summed E-state index contributed by atoms with van der Waals surface area (Å²) in [7, 11) is 0. The van der Waals surface area contributed by atoms with E-state index in [2.05, 4.69) is 16.0 Å². The SMILES string of the molecule is CC(=O)N1CCN(C[C@H]2CC[C@@H](Cc3ccc(C#N)cn3)O2)CC1. The van der Waals surface area contributed by atoms with Gasteiger partial charge in [-0.1, -0.05) is 0 Å². The van der Waals surface area contributed by atoms with Gasteiger partial charge in [0.1, 0.15) is 6.07 Å². The first-order chi connectivity index (χ1) is 11.6. The second kappa shape index (κ2) is 7.73. The molecule has 0 N–H and O–H groups in total. The number of pyridine rings is 1. The summed E-state index contributed by atoms with van der Waals surface area (Å²) in [5.41, 5.74) is 1.57. The maximum atomic E-state index is 11.4. The number of carbonyl (C=O) groups excluding carboxylic acids is 1. The van der Waals surface area contributed by atoms with E-state index < -0.39 is 0 Å². The average molecular weight is 328 g/mol. The van der Waals surface area contributed by atoms with Crippen molar-refractivity contribution in [2.45, 2.75) is 38.4 Å². The molecule has 0 aliphatic carbocycles. The molecule has 0 aromatic carbocycles. The third-order valence-electron chi connectivity index (χ3n) is 4.87. The number of aromatic nitrogens is 1. The minimum absolute atomic E-state index is 0.168. The van der Waals surface area contributed by atoms with Gasteiger partial charge in [0.15, 0.2) is 0 Å². The molecule has 0 bridgehead atoms. The molecule has 2 fully saturated rings. The van der Waals surface area contributed by atoms with Crippen LogP contribution in [0.15, 0.2) is 18.3 Å². The van der Waals surface area contributed by atoms with Crippen molar-refractivity contribution in [1.82, 2.24) is 14.8 Å². The fourth-order valence-electron chi connectivity index (χ4n) is 3.44. The molecule has 1 aromatic rings. The number of piperazine rings is 1. The third kappa shape index (κ3) is 4.31. The Hall–Kier alpha value is -1.97. The molecule has 1 amide bonds. The van der Waals surface area contributed by atoms with Crippen molar-refractivity contribution in [2.24, 2.45) is 0 Å². The van der Waals surface area contributed by atoms with Crippen molar-refractivity contribution in [1.29, 1.82) is 5.26 Å². The maximum absolute atomic E-state index is 11.4. The zero-order valence-electron chi connectivity index (χ0n) is 14.1. The summed E-state index contributed by atoms with van der Waals surface area (Å²) in [6.45, 7) is 6.09. The van der Waals surface area contributed by atoms with Gasteiger partial charge in [0.25, 0.3) is 0 Å². The topological polar surface area (TPSA) is 69.5 Å². The van der Waals surface area contributed by atoms with E-state index in [-0.39, 0.29) is 18.1 Å². The molecule has 2 aliphatic rings. The Kier molecular flexibility index (Phi) is 5.44. The van der Waals surface area contributed by atoms with Crippen LogP contribution in [0.3, 0.4) is 0 Å². The number of carbonyl (C=O) groups is 1. The van der Waals surface area contributed by atoms with Gasteiger partial charge in [0.05, 0.1) is 17.8 Å². The summed E-state index contributed by atoms with van der Waals surface area (Å²) in [6, 6.07) is 5.81. The third-order valence-corrected chi connectivity index (χ3v) is 4.87. The van der Waals surface area contributed by atoms with Crippen molar-refractivity contribution < 1.29 is 9.53 Å². The first-order valence-electron chi connectivity index (χ1n) is 8.62. The monoisotopic (exact) mass is 328 g/mol. The molecule has 2 atom stereocenters. The fraction of sp³-hybridized carbons (Fsp3) is 0.611. The summed E-state index contributed by atoms with van der Waals surface area (Å²) in [5.74, 6) is 0.168. The van der Waals surface area contributed by atoms with Crippen LogP contribution in [0.4, 0.5) is 0 Å². The molecule has 6 heteroatoms. The summed E-state index contributed by atoms with van der Waals surface area (Å²) in [4.78, 5) is 20.0. The maximum Gasteiger partial charge on any atom is 0.219 e. The normalized spacial score (nSPS) is 24.8. The standard InChI is InChI=1S/C18H24N4O2/c1-14(23)22-8-6-21(7-9-22)13-18-5-4-17(24-18)10-16-3-2-15(11-19)12-20-16/h2-3,12,17-18H,4-10,13H2,1H3/t17-,18+/m0/s1. The van der Waals surface area contributed by atoms with Gasteiger partial charge in [0, 0.05) is 58.0 Å². The van der Waals surface area contributed by atoms with Crippen LogP contribution in [0.5, 0.6) is 0 Å². The molecule has 128 valence electrons. The Morgan fingerprint density at radius 3 is 2.67 bits per heavy atom. The van der Waals surface area contributed by atoms with Crippen LogP contribution in [-0.2, 0) is 16.0 Å². The molecule has 0 unspecified atom stereocenters. The number of nitrogens with zero attached hydrogens (tertiary/aromatic N) is 4. The highest BCUT2D eigenvalue weighted by Crippen LogP contribution is 2.23. The molecule has 6 nitrogen and oxygen atoms in total. The van der Waals surface area contributed by atoms with Gasteiger partial charge in [-0.3, -0.25) is 14.7 Å². The van der Waals surface area contributed by atoms with E-state index in [0.29, 0.717) is 5.56 Å². The summed E-state index contributed by atoms with van der Waals surface area (Å²) in [6.07, 6.45) is 5.05. The van der Waals surface area contributed by atoms with Crippen LogP contribution in [0.1, 0.15) is 31.0 Å². The minimum Gasteiger partial charge on any atom is -0.373 e. The van der Waals surface area contributed by atoms with Gasteiger partial charge in [0.2, 0.25) is 5.91 Å². The summed E-state index contributed by atoms with van der Waals surface area (Å²) in [5, 5.41) is 8.81. The van der Waals surface area contributed by atoms with Crippen LogP contribution in [-0.4, -0.2) is 65.6 Å². The van der Waals surface area contributed by atoms with Gasteiger partial charge in [-0.15, -0.1) is 0 Å². The molecular formula is C18H24N4O2.